The van der Waals surface area contributed by atoms with Gasteiger partial charge in [-0.15, -0.1) is 0 Å². The van der Waals surface area contributed by atoms with Gasteiger partial charge in [0.15, 0.2) is 11.5 Å². The van der Waals surface area contributed by atoms with E-state index in [1.165, 1.54) is 10.6 Å². The van der Waals surface area contributed by atoms with Crippen molar-refractivity contribution in [1.82, 2.24) is 14.9 Å². The Hall–Kier alpha value is -3.07. The third kappa shape index (κ3) is 3.94. The number of amides is 1. The molecule has 1 aromatic heterocycles. The van der Waals surface area contributed by atoms with E-state index in [2.05, 4.69) is 10.3 Å². The Morgan fingerprint density at radius 2 is 1.96 bits per heavy atom. The molecule has 3 heterocycles. The highest BCUT2D eigenvalue weighted by Gasteiger charge is 2.19. The molecular weight excluding hydrogens is 364 g/mol. The third-order valence-corrected chi connectivity index (χ3v) is 4.64. The van der Waals surface area contributed by atoms with Gasteiger partial charge in [0, 0.05) is 31.4 Å². The van der Waals surface area contributed by atoms with E-state index in [0.29, 0.717) is 56.0 Å². The number of carbonyl (C=O) groups is 1. The second-order valence-electron chi connectivity index (χ2n) is 6.69. The van der Waals surface area contributed by atoms with Crippen LogP contribution in [0, 0.1) is 6.92 Å². The van der Waals surface area contributed by atoms with Crippen molar-refractivity contribution in [2.45, 2.75) is 20.0 Å². The van der Waals surface area contributed by atoms with Crippen molar-refractivity contribution < 1.29 is 19.0 Å². The molecule has 1 saturated heterocycles. The number of fused-ring (bicyclic) bond motifs is 1. The Bertz CT molecular complexity index is 936. The molecule has 0 atom stereocenters. The molecule has 28 heavy (non-hydrogen) atoms. The molecule has 1 amide bonds. The molecule has 1 fully saturated rings. The number of anilines is 1. The first-order valence-corrected chi connectivity index (χ1v) is 9.16. The Kier molecular flexibility index (Phi) is 5.16. The van der Waals surface area contributed by atoms with Gasteiger partial charge in [-0.3, -0.25) is 14.2 Å². The van der Waals surface area contributed by atoms with Crippen molar-refractivity contribution in [1.29, 1.82) is 0 Å². The topological polar surface area (TPSA) is 94.9 Å². The number of ether oxygens (including phenoxy) is 3. The summed E-state index contributed by atoms with van der Waals surface area (Å²) in [7, 11) is 0. The number of benzene rings is 1. The first-order valence-electron chi connectivity index (χ1n) is 9.16. The van der Waals surface area contributed by atoms with Crippen LogP contribution in [-0.4, -0.2) is 48.6 Å². The molecule has 1 aromatic carbocycles. The lowest BCUT2D eigenvalue weighted by atomic mass is 10.2. The molecule has 9 heteroatoms. The van der Waals surface area contributed by atoms with Crippen molar-refractivity contribution in [3.05, 3.63) is 45.9 Å². The summed E-state index contributed by atoms with van der Waals surface area (Å²) in [5.74, 6) is 1.61. The minimum absolute atomic E-state index is 0.0939. The highest BCUT2D eigenvalue weighted by molar-refractivity contribution is 5.76. The van der Waals surface area contributed by atoms with E-state index in [0.717, 1.165) is 5.56 Å². The highest BCUT2D eigenvalue weighted by atomic mass is 16.7. The van der Waals surface area contributed by atoms with Gasteiger partial charge < -0.3 is 24.4 Å². The normalized spacial score (nSPS) is 15.5. The van der Waals surface area contributed by atoms with Crippen molar-refractivity contribution >= 4 is 11.9 Å². The van der Waals surface area contributed by atoms with Gasteiger partial charge in [0.2, 0.25) is 18.6 Å². The number of rotatable bonds is 5. The Morgan fingerprint density at radius 3 is 2.79 bits per heavy atom. The molecule has 2 aromatic rings. The molecule has 0 saturated carbocycles. The lowest BCUT2D eigenvalue weighted by Gasteiger charge is -2.29. The molecule has 0 radical (unpaired) electrons. The van der Waals surface area contributed by atoms with Gasteiger partial charge in [0.25, 0.3) is 5.56 Å². The van der Waals surface area contributed by atoms with Crippen LogP contribution in [0.15, 0.2) is 29.1 Å². The fourth-order valence-corrected chi connectivity index (χ4v) is 3.21. The van der Waals surface area contributed by atoms with E-state index in [1.807, 2.05) is 23.1 Å². The van der Waals surface area contributed by atoms with Crippen molar-refractivity contribution in [3.8, 4) is 11.5 Å². The number of aromatic nitrogens is 2. The molecule has 2 aliphatic heterocycles. The molecule has 0 aliphatic carbocycles. The van der Waals surface area contributed by atoms with Crippen molar-refractivity contribution in [3.63, 3.8) is 0 Å². The quantitative estimate of drug-likeness (QED) is 0.796. The second-order valence-corrected chi connectivity index (χ2v) is 6.69. The fraction of sp³-hybridized carbons (Fsp3) is 0.421. The maximum absolute atomic E-state index is 12.5. The second kappa shape index (κ2) is 7.89. The minimum atomic E-state index is -0.264. The molecule has 0 spiro atoms. The number of hydrogen-bond acceptors (Lipinski definition) is 7. The van der Waals surface area contributed by atoms with E-state index < -0.39 is 0 Å². The zero-order chi connectivity index (χ0) is 19.5. The lowest BCUT2D eigenvalue weighted by Crippen LogP contribution is -2.42. The number of aryl methyl sites for hydroxylation is 1. The van der Waals surface area contributed by atoms with Gasteiger partial charge in [0.1, 0.15) is 6.54 Å². The number of hydrogen-bond donors (Lipinski definition) is 1. The number of carbonyl (C=O) groups excluding carboxylic acids is 1. The lowest BCUT2D eigenvalue weighted by molar-refractivity contribution is -0.121. The maximum atomic E-state index is 12.5. The standard InChI is InChI=1S/C19H22N4O5/c1-13-8-18(25)23(19(21-13)22-4-6-26-7-5-22)11-17(24)20-10-14-2-3-15-16(9-14)28-12-27-15/h2-3,8-9H,4-7,10-12H2,1H3,(H,20,24). The summed E-state index contributed by atoms with van der Waals surface area (Å²) in [6, 6.07) is 6.96. The summed E-state index contributed by atoms with van der Waals surface area (Å²) in [6.45, 7) is 4.62. The predicted octanol–water partition coefficient (Wildman–Crippen LogP) is 0.433. The number of nitrogens with zero attached hydrogens (tertiary/aromatic N) is 3. The average Bonchev–Trinajstić information content (AvgIpc) is 3.17. The first kappa shape index (κ1) is 18.3. The first-order chi connectivity index (χ1) is 13.6. The summed E-state index contributed by atoms with van der Waals surface area (Å²) in [5.41, 5.74) is 1.27. The van der Waals surface area contributed by atoms with Gasteiger partial charge in [-0.25, -0.2) is 4.98 Å². The number of morpholine rings is 1. The number of nitrogens with one attached hydrogen (secondary N) is 1. The molecule has 148 valence electrons. The van der Waals surface area contributed by atoms with Crippen molar-refractivity contribution in [2.24, 2.45) is 0 Å². The van der Waals surface area contributed by atoms with Crippen LogP contribution in [0.3, 0.4) is 0 Å². The van der Waals surface area contributed by atoms with Crippen LogP contribution in [0.2, 0.25) is 0 Å². The molecular formula is C19H22N4O5. The zero-order valence-corrected chi connectivity index (χ0v) is 15.6. The van der Waals surface area contributed by atoms with E-state index in [-0.39, 0.29) is 24.8 Å². The summed E-state index contributed by atoms with van der Waals surface area (Å²) >= 11 is 0. The molecule has 0 unspecified atom stereocenters. The largest absolute Gasteiger partial charge is 0.454 e. The molecule has 0 bridgehead atoms. The maximum Gasteiger partial charge on any atom is 0.255 e. The predicted molar refractivity (Wildman–Crippen MR) is 101 cm³/mol. The van der Waals surface area contributed by atoms with E-state index in [4.69, 9.17) is 14.2 Å². The summed E-state index contributed by atoms with van der Waals surface area (Å²) in [5, 5.41) is 2.84. The average molecular weight is 386 g/mol. The summed E-state index contributed by atoms with van der Waals surface area (Å²) in [6.07, 6.45) is 0. The van der Waals surface area contributed by atoms with Crippen LogP contribution in [-0.2, 0) is 22.6 Å². The van der Waals surface area contributed by atoms with Crippen LogP contribution in [0.1, 0.15) is 11.3 Å². The highest BCUT2D eigenvalue weighted by Crippen LogP contribution is 2.32. The Morgan fingerprint density at radius 1 is 1.18 bits per heavy atom. The van der Waals surface area contributed by atoms with Crippen LogP contribution in [0.25, 0.3) is 0 Å². The fourth-order valence-electron chi connectivity index (χ4n) is 3.21. The molecule has 9 nitrogen and oxygen atoms in total. The molecule has 2 aliphatic rings. The van der Waals surface area contributed by atoms with E-state index >= 15 is 0 Å². The Balaban J connectivity index is 1.46. The van der Waals surface area contributed by atoms with Crippen LogP contribution >= 0.6 is 0 Å². The minimum Gasteiger partial charge on any atom is -0.454 e. The van der Waals surface area contributed by atoms with E-state index in [9.17, 15) is 9.59 Å². The SMILES string of the molecule is Cc1cc(=O)n(CC(=O)NCc2ccc3c(c2)OCO3)c(N2CCOCC2)n1. The van der Waals surface area contributed by atoms with Crippen LogP contribution in [0.5, 0.6) is 11.5 Å². The molecule has 1 N–H and O–H groups in total. The van der Waals surface area contributed by atoms with Gasteiger partial charge in [-0.2, -0.15) is 0 Å². The zero-order valence-electron chi connectivity index (χ0n) is 15.6. The summed E-state index contributed by atoms with van der Waals surface area (Å²) in [4.78, 5) is 31.5. The van der Waals surface area contributed by atoms with Gasteiger partial charge in [0.05, 0.1) is 13.2 Å². The van der Waals surface area contributed by atoms with Gasteiger partial charge in [-0.05, 0) is 24.6 Å². The molecule has 4 rings (SSSR count). The van der Waals surface area contributed by atoms with Crippen molar-refractivity contribution in [2.75, 3.05) is 38.0 Å². The monoisotopic (exact) mass is 386 g/mol. The third-order valence-electron chi connectivity index (χ3n) is 4.64. The van der Waals surface area contributed by atoms with Gasteiger partial charge in [-0.1, -0.05) is 6.07 Å². The van der Waals surface area contributed by atoms with E-state index in [1.54, 1.807) is 6.92 Å². The Labute approximate surface area is 161 Å². The van der Waals surface area contributed by atoms with Crippen LogP contribution in [0.4, 0.5) is 5.95 Å². The van der Waals surface area contributed by atoms with Crippen LogP contribution < -0.4 is 25.2 Å². The van der Waals surface area contributed by atoms with Gasteiger partial charge >= 0.3 is 0 Å². The summed E-state index contributed by atoms with van der Waals surface area (Å²) < 4.78 is 17.4. The smallest absolute Gasteiger partial charge is 0.255 e.